The molecule has 1 unspecified atom stereocenters. The van der Waals surface area contributed by atoms with E-state index >= 15 is 0 Å². The highest BCUT2D eigenvalue weighted by Crippen LogP contribution is 2.45. The van der Waals surface area contributed by atoms with Crippen LogP contribution in [-0.2, 0) is 10.0 Å². The molecule has 3 rings (SSSR count). The van der Waals surface area contributed by atoms with E-state index in [1.807, 2.05) is 0 Å². The molecule has 1 atom stereocenters. The third-order valence-electron chi connectivity index (χ3n) is 4.44. The van der Waals surface area contributed by atoms with Gasteiger partial charge in [0.15, 0.2) is 0 Å². The molecule has 26 heavy (non-hydrogen) atoms. The van der Waals surface area contributed by atoms with E-state index < -0.39 is 10.0 Å². The number of rotatable bonds is 5. The van der Waals surface area contributed by atoms with Crippen molar-refractivity contribution in [3.05, 3.63) is 41.8 Å². The smallest absolute Gasteiger partial charge is 0.276 e. The summed E-state index contributed by atoms with van der Waals surface area (Å²) in [6.45, 7) is 3.55. The zero-order valence-electron chi connectivity index (χ0n) is 14.6. The molecule has 0 bridgehead atoms. The van der Waals surface area contributed by atoms with Crippen LogP contribution in [0.2, 0.25) is 0 Å². The third-order valence-corrected chi connectivity index (χ3v) is 7.89. The number of piperazine rings is 1. The highest BCUT2D eigenvalue weighted by atomic mass is 79.9. The molecule has 0 saturated carbocycles. The van der Waals surface area contributed by atoms with E-state index in [2.05, 4.69) is 54.2 Å². The first-order valence-electron chi connectivity index (χ1n) is 8.47. The fourth-order valence-corrected chi connectivity index (χ4v) is 5.29. The van der Waals surface area contributed by atoms with Crippen LogP contribution in [-0.4, -0.2) is 60.9 Å². The summed E-state index contributed by atoms with van der Waals surface area (Å²) in [5, 5.41) is 6.42. The van der Waals surface area contributed by atoms with Crippen molar-refractivity contribution in [1.82, 2.24) is 14.6 Å². The Morgan fingerprint density at radius 1 is 1.27 bits per heavy atom. The number of alkyl halides is 1. The number of sulfonamides is 1. The van der Waals surface area contributed by atoms with Gasteiger partial charge in [-0.2, -0.15) is 18.4 Å². The van der Waals surface area contributed by atoms with Crippen molar-refractivity contribution >= 4 is 43.6 Å². The molecule has 1 aromatic rings. The summed E-state index contributed by atoms with van der Waals surface area (Å²) in [6.07, 6.45) is 3.65. The summed E-state index contributed by atoms with van der Waals surface area (Å²) >= 11 is 5.50. The van der Waals surface area contributed by atoms with Crippen LogP contribution in [0.4, 0.5) is 0 Å². The molecule has 1 fully saturated rings. The topological polar surface area (TPSA) is 65.0 Å². The van der Waals surface area contributed by atoms with Crippen LogP contribution in [0.5, 0.6) is 0 Å². The predicted molar refractivity (Wildman–Crippen MR) is 111 cm³/mol. The van der Waals surface area contributed by atoms with Gasteiger partial charge in [0.25, 0.3) is 10.0 Å². The lowest BCUT2D eigenvalue weighted by Gasteiger charge is -2.36. The number of halogens is 1. The number of benzene rings is 1. The highest BCUT2D eigenvalue weighted by Gasteiger charge is 2.33. The Hall–Kier alpha value is -1.03. The molecule has 9 heteroatoms. The molecule has 1 saturated heterocycles. The van der Waals surface area contributed by atoms with Gasteiger partial charge in [0, 0.05) is 32.6 Å². The number of hydrazone groups is 1. The van der Waals surface area contributed by atoms with Crippen LogP contribution in [0.25, 0.3) is 0 Å². The van der Waals surface area contributed by atoms with Crippen LogP contribution in [0.3, 0.4) is 0 Å². The summed E-state index contributed by atoms with van der Waals surface area (Å²) in [5.41, 5.74) is 0. The van der Waals surface area contributed by atoms with Crippen molar-refractivity contribution in [3.63, 3.8) is 0 Å². The second-order valence-electron chi connectivity index (χ2n) is 6.48. The third kappa shape index (κ3) is 5.03. The molecular formula is C17H23BrN4O2S2. The zero-order chi connectivity index (χ0) is 18.6. The molecule has 0 amide bonds. The van der Waals surface area contributed by atoms with Crippen molar-refractivity contribution in [1.29, 1.82) is 0 Å². The molecule has 6 nitrogen and oxygen atoms in total. The van der Waals surface area contributed by atoms with E-state index in [9.17, 15) is 8.42 Å². The van der Waals surface area contributed by atoms with Crippen LogP contribution in [0.1, 0.15) is 12.8 Å². The van der Waals surface area contributed by atoms with E-state index in [1.165, 1.54) is 0 Å². The number of hydrogen-bond donors (Lipinski definition) is 1. The first kappa shape index (κ1) is 19.7. The number of thioether (sulfide) groups is 1. The Morgan fingerprint density at radius 2 is 1.96 bits per heavy atom. The predicted octanol–water partition coefficient (Wildman–Crippen LogP) is 2.66. The fourth-order valence-electron chi connectivity index (χ4n) is 2.84. The normalized spacial score (nSPS) is 24.8. The van der Waals surface area contributed by atoms with E-state index in [4.69, 9.17) is 0 Å². The number of nitrogens with one attached hydrogen (secondary N) is 1. The van der Waals surface area contributed by atoms with Crippen molar-refractivity contribution < 1.29 is 8.42 Å². The van der Waals surface area contributed by atoms with Crippen molar-refractivity contribution in [2.75, 3.05) is 33.2 Å². The molecule has 1 N–H and O–H groups in total. The highest BCUT2D eigenvalue weighted by molar-refractivity contribution is 9.12. The van der Waals surface area contributed by atoms with Gasteiger partial charge in [-0.15, -0.1) is 11.8 Å². The van der Waals surface area contributed by atoms with Crippen LogP contribution in [0, 0.1) is 0 Å². The minimum atomic E-state index is -3.67. The Morgan fingerprint density at radius 3 is 2.58 bits per heavy atom. The van der Waals surface area contributed by atoms with E-state index in [-0.39, 0.29) is 8.55 Å². The number of amidine groups is 1. The molecule has 0 aliphatic carbocycles. The maximum Gasteiger partial charge on any atom is 0.276 e. The van der Waals surface area contributed by atoms with Gasteiger partial charge in [0.2, 0.25) is 0 Å². The van der Waals surface area contributed by atoms with Crippen molar-refractivity contribution in [3.8, 4) is 0 Å². The van der Waals surface area contributed by atoms with Gasteiger partial charge in [-0.3, -0.25) is 0 Å². The zero-order valence-corrected chi connectivity index (χ0v) is 17.9. The summed E-state index contributed by atoms with van der Waals surface area (Å²) in [7, 11) is -1.58. The lowest BCUT2D eigenvalue weighted by atomic mass is 10.2. The summed E-state index contributed by atoms with van der Waals surface area (Å²) in [5.74, 6) is 0.769. The first-order valence-corrected chi connectivity index (χ1v) is 11.6. The van der Waals surface area contributed by atoms with E-state index in [1.54, 1.807) is 42.1 Å². The molecule has 0 spiro atoms. The monoisotopic (exact) mass is 458 g/mol. The Kier molecular flexibility index (Phi) is 6.32. The first-order chi connectivity index (χ1) is 12.4. The van der Waals surface area contributed by atoms with E-state index in [0.717, 1.165) is 38.4 Å². The number of nitrogens with zero attached hydrogens (tertiary/aromatic N) is 3. The average Bonchev–Trinajstić information content (AvgIpc) is 3.07. The van der Waals surface area contributed by atoms with Crippen molar-refractivity contribution in [2.45, 2.75) is 21.4 Å². The summed E-state index contributed by atoms with van der Waals surface area (Å²) in [6, 6.07) is 8.32. The number of allylic oxidation sites excluding steroid dienone is 1. The summed E-state index contributed by atoms with van der Waals surface area (Å²) in [4.78, 5) is 7.08. The van der Waals surface area contributed by atoms with Crippen LogP contribution < -0.4 is 4.83 Å². The number of hydrogen-bond acceptors (Lipinski definition) is 5. The molecule has 2 heterocycles. The molecule has 2 aliphatic heterocycles. The van der Waals surface area contributed by atoms with Gasteiger partial charge >= 0.3 is 0 Å². The van der Waals surface area contributed by atoms with Gasteiger partial charge in [-0.1, -0.05) is 40.2 Å². The maximum atomic E-state index is 12.5. The molecule has 142 valence electrons. The quantitative estimate of drug-likeness (QED) is 0.318. The largest absolute Gasteiger partial charge is 0.356 e. The number of likely N-dealkylation sites (N-methyl/N-ethyl adjacent to an activating group) is 1. The Bertz CT molecular complexity index is 767. The van der Waals surface area contributed by atoms with E-state index in [0.29, 0.717) is 6.42 Å². The minimum Gasteiger partial charge on any atom is -0.356 e. The fraction of sp³-hybridized carbons (Fsp3) is 0.471. The van der Waals surface area contributed by atoms with Gasteiger partial charge in [-0.25, -0.2) is 0 Å². The van der Waals surface area contributed by atoms with Crippen LogP contribution >= 0.6 is 27.7 Å². The molecular weight excluding hydrogens is 436 g/mol. The molecule has 0 aromatic heterocycles. The lowest BCUT2D eigenvalue weighted by molar-refractivity contribution is 0.212. The minimum absolute atomic E-state index is 0.159. The molecule has 0 radical (unpaired) electrons. The standard InChI is InChI=1S/C17H23BrN4O2S2/c1-21-9-11-22(12-10-21)16(14-17(18)8-5-13-25-17)19-20-26(23,24)15-6-3-2-4-7-15/h2-7,13,20H,8-12,14H2,1H3. The maximum absolute atomic E-state index is 12.5. The van der Waals surface area contributed by atoms with Gasteiger partial charge < -0.3 is 9.80 Å². The van der Waals surface area contributed by atoms with Crippen molar-refractivity contribution in [2.24, 2.45) is 5.10 Å². The van der Waals surface area contributed by atoms with Gasteiger partial charge in [0.1, 0.15) is 5.84 Å². The lowest BCUT2D eigenvalue weighted by Crippen LogP contribution is -2.48. The Balaban J connectivity index is 1.79. The van der Waals surface area contributed by atoms with Gasteiger partial charge in [-0.05, 0) is 31.0 Å². The van der Waals surface area contributed by atoms with Gasteiger partial charge in [0.05, 0.1) is 8.55 Å². The second-order valence-corrected chi connectivity index (χ2v) is 11.5. The Labute approximate surface area is 167 Å². The molecule has 1 aromatic carbocycles. The SMILES string of the molecule is CN1CCN(C(CC2(Br)CC=CS2)=NNS(=O)(=O)c2ccccc2)CC1. The summed E-state index contributed by atoms with van der Waals surface area (Å²) < 4.78 is 24.9. The average molecular weight is 459 g/mol. The van der Waals surface area contributed by atoms with Crippen LogP contribution in [0.15, 0.2) is 51.8 Å². The second kappa shape index (κ2) is 8.33. The molecule has 2 aliphatic rings.